The Kier molecular flexibility index (Phi) is 6.26. The summed E-state index contributed by atoms with van der Waals surface area (Å²) in [6.45, 7) is 6.62. The minimum atomic E-state index is -0.0113. The molecule has 0 aliphatic carbocycles. The van der Waals surface area contributed by atoms with Crippen LogP contribution in [0, 0.1) is 5.92 Å². The largest absolute Gasteiger partial charge is 0.356 e. The van der Waals surface area contributed by atoms with Gasteiger partial charge in [-0.15, -0.1) is 0 Å². The van der Waals surface area contributed by atoms with E-state index in [1.165, 1.54) is 5.52 Å². The Balaban J connectivity index is 1.30. The number of amides is 1. The number of anilines is 1. The molecule has 0 spiro atoms. The van der Waals surface area contributed by atoms with Crippen LogP contribution < -0.4 is 10.2 Å². The second-order valence-corrected chi connectivity index (χ2v) is 8.21. The number of nitrogens with one attached hydrogen (secondary N) is 1. The third-order valence-corrected chi connectivity index (χ3v) is 5.69. The summed E-state index contributed by atoms with van der Waals surface area (Å²) in [5, 5.41) is 3.13. The van der Waals surface area contributed by atoms with Gasteiger partial charge in [0.25, 0.3) is 0 Å². The van der Waals surface area contributed by atoms with Gasteiger partial charge in [-0.25, -0.2) is 15.0 Å². The van der Waals surface area contributed by atoms with Crippen molar-refractivity contribution in [3.63, 3.8) is 0 Å². The van der Waals surface area contributed by atoms with Crippen molar-refractivity contribution in [3.8, 4) is 0 Å². The van der Waals surface area contributed by atoms with Gasteiger partial charge in [0.1, 0.15) is 5.82 Å². The molecule has 30 heavy (non-hydrogen) atoms. The number of carbonyl (C=O) groups is 1. The van der Waals surface area contributed by atoms with E-state index >= 15 is 0 Å². The van der Waals surface area contributed by atoms with Crippen LogP contribution in [-0.2, 0) is 11.2 Å². The molecule has 1 aromatic carbocycles. The van der Waals surface area contributed by atoms with Gasteiger partial charge in [-0.05, 0) is 51.3 Å². The van der Waals surface area contributed by atoms with Crippen LogP contribution in [0.15, 0.2) is 42.7 Å². The van der Waals surface area contributed by atoms with Crippen LogP contribution in [0.25, 0.3) is 11.0 Å². The Bertz CT molecular complexity index is 984. The van der Waals surface area contributed by atoms with E-state index in [9.17, 15) is 4.79 Å². The molecule has 0 radical (unpaired) electrons. The predicted octanol–water partition coefficient (Wildman–Crippen LogP) is 3.37. The number of piperidine rings is 1. The zero-order valence-corrected chi connectivity index (χ0v) is 17.8. The van der Waals surface area contributed by atoms with Crippen molar-refractivity contribution in [1.29, 1.82) is 0 Å². The maximum absolute atomic E-state index is 12.7. The molecule has 1 atom stereocenters. The smallest absolute Gasteiger partial charge is 0.225 e. The molecule has 0 unspecified atom stereocenters. The molecule has 3 heterocycles. The number of rotatable bonds is 7. The van der Waals surface area contributed by atoms with Crippen LogP contribution >= 0.6 is 0 Å². The molecule has 158 valence electrons. The number of hydrogen-bond acceptors (Lipinski definition) is 5. The Morgan fingerprint density at radius 3 is 2.80 bits per heavy atom. The van der Waals surface area contributed by atoms with Crippen LogP contribution in [0.3, 0.4) is 0 Å². The highest BCUT2D eigenvalue weighted by atomic mass is 16.1. The number of para-hydroxylation sites is 2. The van der Waals surface area contributed by atoms with E-state index in [0.29, 0.717) is 25.1 Å². The molecule has 0 saturated carbocycles. The van der Waals surface area contributed by atoms with Crippen LogP contribution in [0.2, 0.25) is 0 Å². The Morgan fingerprint density at radius 1 is 1.20 bits per heavy atom. The van der Waals surface area contributed by atoms with Crippen molar-refractivity contribution >= 4 is 22.9 Å². The van der Waals surface area contributed by atoms with Gasteiger partial charge >= 0.3 is 0 Å². The van der Waals surface area contributed by atoms with Crippen molar-refractivity contribution in [2.45, 2.75) is 45.6 Å². The lowest BCUT2D eigenvalue weighted by molar-refractivity contribution is -0.125. The highest BCUT2D eigenvalue weighted by Crippen LogP contribution is 2.22. The van der Waals surface area contributed by atoms with E-state index in [1.54, 1.807) is 12.4 Å². The number of imidazole rings is 1. The molecule has 3 aromatic rings. The Morgan fingerprint density at radius 2 is 2.00 bits per heavy atom. The fraction of sp³-hybridized carbons (Fsp3) is 0.478. The summed E-state index contributed by atoms with van der Waals surface area (Å²) in [4.78, 5) is 28.3. The predicted molar refractivity (Wildman–Crippen MR) is 118 cm³/mol. The lowest BCUT2D eigenvalue weighted by Crippen LogP contribution is -2.44. The summed E-state index contributed by atoms with van der Waals surface area (Å²) < 4.78 is 2.30. The van der Waals surface area contributed by atoms with Crippen LogP contribution in [0.1, 0.15) is 45.0 Å². The zero-order valence-electron chi connectivity index (χ0n) is 17.8. The number of aryl methyl sites for hydroxylation is 1. The topological polar surface area (TPSA) is 75.9 Å². The molecule has 1 aliphatic heterocycles. The van der Waals surface area contributed by atoms with Gasteiger partial charge in [0, 0.05) is 44.5 Å². The first-order valence-corrected chi connectivity index (χ1v) is 10.9. The SMILES string of the molecule is CC(C)n1c(CCCNC(=O)[C@H]2CCCN(c3ncccn3)C2)nc2ccccc21. The van der Waals surface area contributed by atoms with E-state index < -0.39 is 0 Å². The number of nitrogens with zero attached hydrogens (tertiary/aromatic N) is 5. The Hall–Kier alpha value is -2.96. The van der Waals surface area contributed by atoms with Gasteiger partial charge in [-0.2, -0.15) is 0 Å². The van der Waals surface area contributed by atoms with Gasteiger partial charge in [0.2, 0.25) is 11.9 Å². The minimum absolute atomic E-state index is 0.0113. The van der Waals surface area contributed by atoms with Crippen molar-refractivity contribution < 1.29 is 4.79 Å². The van der Waals surface area contributed by atoms with Gasteiger partial charge < -0.3 is 14.8 Å². The van der Waals surface area contributed by atoms with Crippen molar-refractivity contribution in [1.82, 2.24) is 24.8 Å². The second-order valence-electron chi connectivity index (χ2n) is 8.21. The van der Waals surface area contributed by atoms with E-state index in [4.69, 9.17) is 4.98 Å². The van der Waals surface area contributed by atoms with Crippen LogP contribution in [0.4, 0.5) is 5.95 Å². The third kappa shape index (κ3) is 4.45. The fourth-order valence-electron chi connectivity index (χ4n) is 4.28. The van der Waals surface area contributed by atoms with Crippen LogP contribution in [-0.4, -0.2) is 45.1 Å². The average Bonchev–Trinajstić information content (AvgIpc) is 3.16. The maximum Gasteiger partial charge on any atom is 0.225 e. The lowest BCUT2D eigenvalue weighted by Gasteiger charge is -2.31. The third-order valence-electron chi connectivity index (χ3n) is 5.69. The summed E-state index contributed by atoms with van der Waals surface area (Å²) in [5.41, 5.74) is 2.22. The quantitative estimate of drug-likeness (QED) is 0.609. The Labute approximate surface area is 177 Å². The number of fused-ring (bicyclic) bond motifs is 1. The summed E-state index contributed by atoms with van der Waals surface area (Å²) >= 11 is 0. The van der Waals surface area contributed by atoms with Gasteiger partial charge in [0.05, 0.1) is 17.0 Å². The first kappa shape index (κ1) is 20.3. The van der Waals surface area contributed by atoms with Crippen molar-refractivity contribution in [2.24, 2.45) is 5.92 Å². The van der Waals surface area contributed by atoms with E-state index in [0.717, 1.165) is 43.6 Å². The molecule has 2 aromatic heterocycles. The monoisotopic (exact) mass is 406 g/mol. The molecule has 7 heteroatoms. The number of carbonyl (C=O) groups excluding carboxylic acids is 1. The molecule has 4 rings (SSSR count). The molecule has 1 fully saturated rings. The average molecular weight is 407 g/mol. The van der Waals surface area contributed by atoms with E-state index in [1.807, 2.05) is 12.1 Å². The molecular weight excluding hydrogens is 376 g/mol. The highest BCUT2D eigenvalue weighted by Gasteiger charge is 2.26. The summed E-state index contributed by atoms with van der Waals surface area (Å²) in [5.74, 6) is 1.92. The fourth-order valence-corrected chi connectivity index (χ4v) is 4.28. The molecule has 0 bridgehead atoms. The minimum Gasteiger partial charge on any atom is -0.356 e. The first-order chi connectivity index (χ1) is 14.6. The molecule has 1 aliphatic rings. The second kappa shape index (κ2) is 9.24. The number of benzene rings is 1. The van der Waals surface area contributed by atoms with Crippen molar-refractivity contribution in [2.75, 3.05) is 24.5 Å². The summed E-state index contributed by atoms with van der Waals surface area (Å²) in [6, 6.07) is 10.4. The zero-order chi connectivity index (χ0) is 20.9. The lowest BCUT2D eigenvalue weighted by atomic mass is 9.97. The molecule has 1 N–H and O–H groups in total. The normalized spacial score (nSPS) is 16.9. The molecular formula is C23H30N6O. The van der Waals surface area contributed by atoms with Crippen LogP contribution in [0.5, 0.6) is 0 Å². The molecule has 7 nitrogen and oxygen atoms in total. The van der Waals surface area contributed by atoms with Gasteiger partial charge in [0.15, 0.2) is 0 Å². The van der Waals surface area contributed by atoms with Gasteiger partial charge in [-0.1, -0.05) is 12.1 Å². The molecule has 1 saturated heterocycles. The summed E-state index contributed by atoms with van der Waals surface area (Å²) in [6.07, 6.45) is 7.11. The molecule has 1 amide bonds. The number of hydrogen-bond donors (Lipinski definition) is 1. The van der Waals surface area contributed by atoms with E-state index in [-0.39, 0.29) is 11.8 Å². The standard InChI is InChI=1S/C23H30N6O/c1-17(2)29-20-10-4-3-9-19(20)27-21(29)11-5-12-24-22(30)18-8-6-15-28(16-18)23-25-13-7-14-26-23/h3-4,7,9-10,13-14,17-18H,5-6,8,11-12,15-16H2,1-2H3,(H,24,30)/t18-/m0/s1. The number of aromatic nitrogens is 4. The highest BCUT2D eigenvalue weighted by molar-refractivity contribution is 5.79. The van der Waals surface area contributed by atoms with Gasteiger partial charge in [-0.3, -0.25) is 4.79 Å². The van der Waals surface area contributed by atoms with Crippen molar-refractivity contribution in [3.05, 3.63) is 48.5 Å². The maximum atomic E-state index is 12.7. The first-order valence-electron chi connectivity index (χ1n) is 10.9. The van der Waals surface area contributed by atoms with E-state index in [2.05, 4.69) is 56.8 Å². The summed E-state index contributed by atoms with van der Waals surface area (Å²) in [7, 11) is 0.